The Bertz CT molecular complexity index is 619. The topological polar surface area (TPSA) is 96.0 Å². The fourth-order valence-corrected chi connectivity index (χ4v) is 4.17. The van der Waals surface area contributed by atoms with E-state index in [1.165, 1.54) is 12.1 Å². The van der Waals surface area contributed by atoms with Gasteiger partial charge in [0.05, 0.1) is 11.6 Å². The van der Waals surface area contributed by atoms with Gasteiger partial charge in [-0.05, 0) is 32.0 Å². The van der Waals surface area contributed by atoms with Crippen molar-refractivity contribution >= 4 is 43.4 Å². The van der Waals surface area contributed by atoms with Crippen molar-refractivity contribution in [3.63, 3.8) is 0 Å². The molecule has 0 amide bonds. The van der Waals surface area contributed by atoms with Crippen LogP contribution in [0.25, 0.3) is 0 Å². The van der Waals surface area contributed by atoms with E-state index in [4.69, 9.17) is 22.5 Å². The molecule has 0 aliphatic heterocycles. The molecule has 3 N–H and O–H groups in total. The molecule has 0 saturated carbocycles. The second-order valence-corrected chi connectivity index (χ2v) is 7.49. The summed E-state index contributed by atoms with van der Waals surface area (Å²) in [5, 5.41) is 11.5. The van der Waals surface area contributed by atoms with Crippen molar-refractivity contribution in [1.82, 2.24) is 4.31 Å². The smallest absolute Gasteiger partial charge is 0.245 e. The zero-order chi connectivity index (χ0) is 15.5. The number of rotatable bonds is 5. The van der Waals surface area contributed by atoms with Crippen LogP contribution in [0.4, 0.5) is 0 Å². The summed E-state index contributed by atoms with van der Waals surface area (Å²) in [5.41, 5.74) is 5.40. The first kappa shape index (κ1) is 17.2. The minimum atomic E-state index is -3.84. The van der Waals surface area contributed by atoms with Crippen LogP contribution in [0.2, 0.25) is 5.02 Å². The number of sulfonamides is 1. The zero-order valence-corrected chi connectivity index (χ0v) is 14.1. The normalized spacial score (nSPS) is 13.2. The maximum atomic E-state index is 12.6. The summed E-state index contributed by atoms with van der Waals surface area (Å²) in [6.45, 7) is 3.16. The van der Waals surface area contributed by atoms with E-state index < -0.39 is 10.0 Å². The van der Waals surface area contributed by atoms with Crippen LogP contribution in [-0.4, -0.2) is 36.4 Å². The second-order valence-electron chi connectivity index (χ2n) is 4.31. The molecule has 20 heavy (non-hydrogen) atoms. The highest BCUT2D eigenvalue weighted by molar-refractivity contribution is 9.10. The lowest BCUT2D eigenvalue weighted by atomic mass is 10.4. The molecule has 0 aliphatic rings. The van der Waals surface area contributed by atoms with Gasteiger partial charge in [-0.15, -0.1) is 0 Å². The van der Waals surface area contributed by atoms with Crippen LogP contribution in [0.3, 0.4) is 0 Å². The Kier molecular flexibility index (Phi) is 5.81. The van der Waals surface area contributed by atoms with Crippen molar-refractivity contribution in [2.45, 2.75) is 24.8 Å². The molecule has 1 aromatic carbocycles. The van der Waals surface area contributed by atoms with Gasteiger partial charge in [0, 0.05) is 10.5 Å². The summed E-state index contributed by atoms with van der Waals surface area (Å²) in [5.74, 6) is -0.199. The van der Waals surface area contributed by atoms with Gasteiger partial charge in [0.25, 0.3) is 0 Å². The first-order valence-electron chi connectivity index (χ1n) is 5.63. The van der Waals surface area contributed by atoms with Crippen LogP contribution in [0.5, 0.6) is 0 Å². The van der Waals surface area contributed by atoms with Crippen LogP contribution in [0, 0.1) is 0 Å². The van der Waals surface area contributed by atoms with Gasteiger partial charge in [0.15, 0.2) is 5.84 Å². The molecular formula is C11H15BrClN3O3S. The van der Waals surface area contributed by atoms with Gasteiger partial charge in [-0.3, -0.25) is 0 Å². The average molecular weight is 385 g/mol. The molecule has 0 atom stereocenters. The summed E-state index contributed by atoms with van der Waals surface area (Å²) in [7, 11) is -3.84. The number of amidine groups is 1. The van der Waals surface area contributed by atoms with E-state index in [1.54, 1.807) is 19.9 Å². The summed E-state index contributed by atoms with van der Waals surface area (Å²) >= 11 is 9.20. The Hall–Kier alpha value is -0.830. The fraction of sp³-hybridized carbons (Fsp3) is 0.364. The highest BCUT2D eigenvalue weighted by Gasteiger charge is 2.29. The van der Waals surface area contributed by atoms with Gasteiger partial charge in [-0.1, -0.05) is 32.7 Å². The molecule has 0 heterocycles. The highest BCUT2D eigenvalue weighted by atomic mass is 79.9. The van der Waals surface area contributed by atoms with Crippen molar-refractivity contribution < 1.29 is 13.6 Å². The Balaban J connectivity index is 3.30. The number of hydrogen-bond donors (Lipinski definition) is 2. The van der Waals surface area contributed by atoms with Gasteiger partial charge < -0.3 is 10.9 Å². The molecule has 1 rings (SSSR count). The lowest BCUT2D eigenvalue weighted by molar-refractivity contribution is 0.312. The van der Waals surface area contributed by atoms with E-state index in [0.29, 0.717) is 4.47 Å². The third kappa shape index (κ3) is 3.85. The van der Waals surface area contributed by atoms with E-state index in [9.17, 15) is 8.42 Å². The van der Waals surface area contributed by atoms with Crippen molar-refractivity contribution in [3.05, 3.63) is 27.7 Å². The molecule has 112 valence electrons. The Labute approximate surface area is 131 Å². The fourth-order valence-electron chi connectivity index (χ4n) is 1.55. The van der Waals surface area contributed by atoms with Gasteiger partial charge in [-0.25, -0.2) is 8.42 Å². The molecule has 0 radical (unpaired) electrons. The Morgan fingerprint density at radius 1 is 1.55 bits per heavy atom. The first-order chi connectivity index (χ1) is 9.20. The lowest BCUT2D eigenvalue weighted by Gasteiger charge is -2.25. The predicted molar refractivity (Wildman–Crippen MR) is 81.6 cm³/mol. The molecule has 0 aromatic heterocycles. The third-order valence-corrected chi connectivity index (χ3v) is 5.50. The van der Waals surface area contributed by atoms with Gasteiger partial charge in [0.1, 0.15) is 4.90 Å². The molecule has 1 aromatic rings. The number of oxime groups is 1. The average Bonchev–Trinajstić information content (AvgIpc) is 2.34. The quantitative estimate of drug-likeness (QED) is 0.352. The molecule has 0 aliphatic carbocycles. The molecule has 0 bridgehead atoms. The van der Waals surface area contributed by atoms with E-state index in [2.05, 4.69) is 21.1 Å². The number of benzene rings is 1. The van der Waals surface area contributed by atoms with Crippen molar-refractivity contribution in [3.8, 4) is 0 Å². The largest absolute Gasteiger partial charge is 0.409 e. The monoisotopic (exact) mass is 383 g/mol. The molecule has 0 spiro atoms. The third-order valence-electron chi connectivity index (χ3n) is 2.50. The van der Waals surface area contributed by atoms with Crippen LogP contribution < -0.4 is 5.73 Å². The lowest BCUT2D eigenvalue weighted by Crippen LogP contribution is -2.42. The molecule has 0 unspecified atom stereocenters. The van der Waals surface area contributed by atoms with Gasteiger partial charge >= 0.3 is 0 Å². The summed E-state index contributed by atoms with van der Waals surface area (Å²) in [6.07, 6.45) is 0. The minimum absolute atomic E-state index is 0.0261. The number of nitrogens with zero attached hydrogens (tertiary/aromatic N) is 2. The Morgan fingerprint density at radius 2 is 2.15 bits per heavy atom. The maximum Gasteiger partial charge on any atom is 0.245 e. The standard InChI is InChI=1S/C11H15BrClN3O3S/c1-7(2)16(6-11(14)15-17)20(18,19)10-4-3-8(12)5-9(10)13/h3-5,7,17H,6H2,1-2H3,(H2,14,15). The summed E-state index contributed by atoms with van der Waals surface area (Å²) in [4.78, 5) is -0.0261. The van der Waals surface area contributed by atoms with Crippen LogP contribution in [-0.2, 0) is 10.0 Å². The molecule has 9 heteroatoms. The zero-order valence-electron chi connectivity index (χ0n) is 10.9. The molecule has 0 fully saturated rings. The summed E-state index contributed by atoms with van der Waals surface area (Å²) in [6, 6.07) is 4.11. The summed E-state index contributed by atoms with van der Waals surface area (Å²) < 4.78 is 27.0. The van der Waals surface area contributed by atoms with Crippen molar-refractivity contribution in [2.24, 2.45) is 10.9 Å². The highest BCUT2D eigenvalue weighted by Crippen LogP contribution is 2.28. The van der Waals surface area contributed by atoms with Crippen LogP contribution in [0.15, 0.2) is 32.7 Å². The molecule has 0 saturated heterocycles. The van der Waals surface area contributed by atoms with E-state index in [1.807, 2.05) is 0 Å². The van der Waals surface area contributed by atoms with E-state index >= 15 is 0 Å². The molecule has 6 nitrogen and oxygen atoms in total. The second kappa shape index (κ2) is 6.75. The maximum absolute atomic E-state index is 12.6. The van der Waals surface area contributed by atoms with Gasteiger partial charge in [0.2, 0.25) is 10.0 Å². The van der Waals surface area contributed by atoms with Crippen molar-refractivity contribution in [2.75, 3.05) is 6.54 Å². The minimum Gasteiger partial charge on any atom is -0.409 e. The molecular weight excluding hydrogens is 370 g/mol. The predicted octanol–water partition coefficient (Wildman–Crippen LogP) is 2.25. The number of hydrogen-bond acceptors (Lipinski definition) is 4. The van der Waals surface area contributed by atoms with Crippen molar-refractivity contribution in [1.29, 1.82) is 0 Å². The number of halogens is 2. The first-order valence-corrected chi connectivity index (χ1v) is 8.24. The SMILES string of the molecule is CC(C)N(CC(N)=NO)S(=O)(=O)c1ccc(Br)cc1Cl. The van der Waals surface area contributed by atoms with E-state index in [-0.39, 0.29) is 28.3 Å². The Morgan fingerprint density at radius 3 is 2.60 bits per heavy atom. The number of nitrogens with two attached hydrogens (primary N) is 1. The van der Waals surface area contributed by atoms with Crippen LogP contribution in [0.1, 0.15) is 13.8 Å². The van der Waals surface area contributed by atoms with Gasteiger partial charge in [-0.2, -0.15) is 4.31 Å². The van der Waals surface area contributed by atoms with E-state index in [0.717, 1.165) is 4.31 Å². The van der Waals surface area contributed by atoms with Crippen LogP contribution >= 0.6 is 27.5 Å².